The van der Waals surface area contributed by atoms with Crippen molar-refractivity contribution < 1.29 is 18.7 Å². The Labute approximate surface area is 193 Å². The van der Waals surface area contributed by atoms with E-state index in [4.69, 9.17) is 9.15 Å². The molecule has 33 heavy (non-hydrogen) atoms. The molecule has 2 aliphatic rings. The van der Waals surface area contributed by atoms with Gasteiger partial charge in [0.1, 0.15) is 22.7 Å². The molecule has 2 aromatic heterocycles. The molecule has 172 valence electrons. The maximum atomic E-state index is 13.8. The molecule has 1 fully saturated rings. The van der Waals surface area contributed by atoms with E-state index in [1.54, 1.807) is 18.3 Å². The summed E-state index contributed by atoms with van der Waals surface area (Å²) in [5, 5.41) is 3.23. The fraction of sp³-hybridized carbons (Fsp3) is 0.385. The Balaban J connectivity index is 1.54. The summed E-state index contributed by atoms with van der Waals surface area (Å²) >= 11 is 0. The number of amides is 2. The third-order valence-corrected chi connectivity index (χ3v) is 6.93. The van der Waals surface area contributed by atoms with Crippen LogP contribution in [-0.2, 0) is 17.9 Å². The average molecular weight is 448 g/mol. The topological polar surface area (TPSA) is 76.7 Å². The molecular formula is C26H29N3O4. The van der Waals surface area contributed by atoms with Gasteiger partial charge in [0, 0.05) is 12.6 Å². The number of carbonyl (C=O) groups excluding carboxylic acids is 2. The van der Waals surface area contributed by atoms with Crippen molar-refractivity contribution in [2.24, 2.45) is 0 Å². The quantitative estimate of drug-likeness (QED) is 0.614. The SMILES string of the molecule is COc1cccc(CN2C(=O)c3ccc(-c4ccco4)n3C[C@@]2(C)C(=O)NC2CCCC2)c1. The smallest absolute Gasteiger partial charge is 0.271 e. The molecule has 1 atom stereocenters. The van der Waals surface area contributed by atoms with Gasteiger partial charge in [-0.25, -0.2) is 0 Å². The maximum Gasteiger partial charge on any atom is 0.271 e. The second-order valence-electron chi connectivity index (χ2n) is 9.14. The molecule has 2 amide bonds. The first-order chi connectivity index (χ1) is 16.0. The largest absolute Gasteiger partial charge is 0.497 e. The van der Waals surface area contributed by atoms with Crippen molar-refractivity contribution in [2.75, 3.05) is 7.11 Å². The van der Waals surface area contributed by atoms with Crippen LogP contribution in [0.1, 0.15) is 48.7 Å². The Bertz CT molecular complexity index is 1160. The Morgan fingerprint density at radius 3 is 2.67 bits per heavy atom. The Morgan fingerprint density at radius 1 is 1.15 bits per heavy atom. The first kappa shape index (κ1) is 21.4. The lowest BCUT2D eigenvalue weighted by molar-refractivity contribution is -0.133. The number of nitrogens with one attached hydrogen (secondary N) is 1. The molecule has 1 saturated carbocycles. The Hall–Kier alpha value is -3.48. The lowest BCUT2D eigenvalue weighted by atomic mass is 9.93. The molecule has 0 bridgehead atoms. The summed E-state index contributed by atoms with van der Waals surface area (Å²) in [6, 6.07) is 15.2. The first-order valence-electron chi connectivity index (χ1n) is 11.5. The second kappa shape index (κ2) is 8.46. The third kappa shape index (κ3) is 3.81. The Morgan fingerprint density at radius 2 is 1.94 bits per heavy atom. The highest BCUT2D eigenvalue weighted by Crippen LogP contribution is 2.35. The highest BCUT2D eigenvalue weighted by molar-refractivity contribution is 6.00. The fourth-order valence-electron chi connectivity index (χ4n) is 5.02. The van der Waals surface area contributed by atoms with Gasteiger partial charge in [-0.15, -0.1) is 0 Å². The molecule has 0 unspecified atom stereocenters. The first-order valence-corrected chi connectivity index (χ1v) is 11.5. The summed E-state index contributed by atoms with van der Waals surface area (Å²) in [7, 11) is 1.62. The summed E-state index contributed by atoms with van der Waals surface area (Å²) in [6.07, 6.45) is 5.83. The zero-order valence-electron chi connectivity index (χ0n) is 19.0. The van der Waals surface area contributed by atoms with Crippen LogP contribution < -0.4 is 10.1 Å². The zero-order valence-corrected chi connectivity index (χ0v) is 19.0. The number of methoxy groups -OCH3 is 1. The van der Waals surface area contributed by atoms with Gasteiger partial charge in [0.2, 0.25) is 5.91 Å². The molecule has 5 rings (SSSR count). The van der Waals surface area contributed by atoms with Gasteiger partial charge in [0.05, 0.1) is 25.6 Å². The average Bonchev–Trinajstić information content (AvgIpc) is 3.58. The van der Waals surface area contributed by atoms with Gasteiger partial charge >= 0.3 is 0 Å². The van der Waals surface area contributed by atoms with Gasteiger partial charge in [0.15, 0.2) is 0 Å². The molecule has 3 aromatic rings. The van der Waals surface area contributed by atoms with Crippen molar-refractivity contribution in [3.63, 3.8) is 0 Å². The molecule has 7 heteroatoms. The lowest BCUT2D eigenvalue weighted by Gasteiger charge is -2.44. The van der Waals surface area contributed by atoms with Crippen LogP contribution in [-0.4, -0.2) is 40.0 Å². The summed E-state index contributed by atoms with van der Waals surface area (Å²) in [6.45, 7) is 2.52. The second-order valence-corrected chi connectivity index (χ2v) is 9.14. The maximum absolute atomic E-state index is 13.8. The van der Waals surface area contributed by atoms with E-state index in [0.717, 1.165) is 42.7 Å². The minimum atomic E-state index is -1.06. The van der Waals surface area contributed by atoms with E-state index in [1.165, 1.54) is 0 Å². The zero-order chi connectivity index (χ0) is 23.0. The van der Waals surface area contributed by atoms with Crippen LogP contribution in [0.25, 0.3) is 11.5 Å². The van der Waals surface area contributed by atoms with Gasteiger partial charge in [-0.3, -0.25) is 9.59 Å². The van der Waals surface area contributed by atoms with Crippen molar-refractivity contribution in [1.82, 2.24) is 14.8 Å². The van der Waals surface area contributed by atoms with E-state index < -0.39 is 5.54 Å². The predicted molar refractivity (Wildman–Crippen MR) is 124 cm³/mol. The van der Waals surface area contributed by atoms with Crippen LogP contribution in [0.5, 0.6) is 5.75 Å². The number of furan rings is 1. The van der Waals surface area contributed by atoms with E-state index >= 15 is 0 Å². The molecule has 1 aliphatic carbocycles. The van der Waals surface area contributed by atoms with Gasteiger partial charge in [-0.2, -0.15) is 0 Å². The van der Waals surface area contributed by atoms with Crippen molar-refractivity contribution in [1.29, 1.82) is 0 Å². The Kier molecular flexibility index (Phi) is 5.48. The number of hydrogen-bond acceptors (Lipinski definition) is 4. The third-order valence-electron chi connectivity index (χ3n) is 6.93. The number of benzene rings is 1. The summed E-state index contributed by atoms with van der Waals surface area (Å²) in [4.78, 5) is 29.2. The molecule has 1 N–H and O–H groups in total. The predicted octanol–water partition coefficient (Wildman–Crippen LogP) is 4.23. The number of nitrogens with zero attached hydrogens (tertiary/aromatic N) is 2. The van der Waals surface area contributed by atoms with Gasteiger partial charge in [0.25, 0.3) is 5.91 Å². The summed E-state index contributed by atoms with van der Waals surface area (Å²) in [5.41, 5.74) is 1.20. The molecule has 3 heterocycles. The van der Waals surface area contributed by atoms with Gasteiger partial charge < -0.3 is 23.9 Å². The summed E-state index contributed by atoms with van der Waals surface area (Å²) < 4.78 is 12.9. The van der Waals surface area contributed by atoms with Crippen molar-refractivity contribution in [3.05, 3.63) is 66.1 Å². The van der Waals surface area contributed by atoms with E-state index in [9.17, 15) is 9.59 Å². The van der Waals surface area contributed by atoms with Crippen LogP contribution in [0.4, 0.5) is 0 Å². The van der Waals surface area contributed by atoms with Crippen LogP contribution >= 0.6 is 0 Å². The highest BCUT2D eigenvalue weighted by Gasteiger charge is 2.48. The molecule has 1 aliphatic heterocycles. The van der Waals surface area contributed by atoms with E-state index in [0.29, 0.717) is 24.5 Å². The number of rotatable bonds is 6. The molecule has 1 aromatic carbocycles. The molecule has 0 saturated heterocycles. The van der Waals surface area contributed by atoms with Crippen LogP contribution in [0.3, 0.4) is 0 Å². The normalized spacial score (nSPS) is 20.7. The lowest BCUT2D eigenvalue weighted by Crippen LogP contribution is -2.64. The monoisotopic (exact) mass is 447 g/mol. The number of fused-ring (bicyclic) bond motifs is 1. The highest BCUT2D eigenvalue weighted by atomic mass is 16.5. The molecule has 0 radical (unpaired) electrons. The minimum absolute atomic E-state index is 0.115. The number of carbonyl (C=O) groups is 2. The minimum Gasteiger partial charge on any atom is -0.497 e. The van der Waals surface area contributed by atoms with Gasteiger partial charge in [-0.05, 0) is 61.7 Å². The number of hydrogen-bond donors (Lipinski definition) is 1. The summed E-state index contributed by atoms with van der Waals surface area (Å²) in [5.74, 6) is 1.10. The van der Waals surface area contributed by atoms with E-state index in [2.05, 4.69) is 5.32 Å². The molecular weight excluding hydrogens is 418 g/mol. The van der Waals surface area contributed by atoms with Crippen LogP contribution in [0.15, 0.2) is 59.2 Å². The van der Waals surface area contributed by atoms with Crippen molar-refractivity contribution >= 4 is 11.8 Å². The standard InChI is InChI=1S/C26H29N3O4/c1-26(25(31)27-19-8-3-4-9-19)17-28-21(23-11-6-14-33-23)12-13-22(28)24(30)29(26)16-18-7-5-10-20(15-18)32-2/h5-7,10-15,19H,3-4,8-9,16-17H2,1-2H3,(H,27,31)/t26-/m0/s1. The number of aromatic nitrogens is 1. The number of ether oxygens (including phenoxy) is 1. The van der Waals surface area contributed by atoms with E-state index in [1.807, 2.05) is 60.0 Å². The van der Waals surface area contributed by atoms with Crippen LogP contribution in [0.2, 0.25) is 0 Å². The molecule has 0 spiro atoms. The van der Waals surface area contributed by atoms with E-state index in [-0.39, 0.29) is 17.9 Å². The van der Waals surface area contributed by atoms with Crippen molar-refractivity contribution in [2.45, 2.75) is 57.3 Å². The fourth-order valence-corrected chi connectivity index (χ4v) is 5.02. The van der Waals surface area contributed by atoms with Crippen LogP contribution in [0, 0.1) is 0 Å². The van der Waals surface area contributed by atoms with Crippen molar-refractivity contribution in [3.8, 4) is 17.2 Å². The van der Waals surface area contributed by atoms with Gasteiger partial charge in [-0.1, -0.05) is 25.0 Å². The molecule has 7 nitrogen and oxygen atoms in total.